The van der Waals surface area contributed by atoms with Gasteiger partial charge in [0, 0.05) is 5.92 Å². The van der Waals surface area contributed by atoms with Gasteiger partial charge in [-0.25, -0.2) is 4.57 Å². The van der Waals surface area contributed by atoms with Crippen molar-refractivity contribution in [2.75, 3.05) is 6.61 Å². The van der Waals surface area contributed by atoms with Crippen molar-refractivity contribution < 1.29 is 18.9 Å². The fourth-order valence-corrected chi connectivity index (χ4v) is 4.97. The first kappa shape index (κ1) is 16.2. The van der Waals surface area contributed by atoms with Crippen LogP contribution in [0.3, 0.4) is 0 Å². The minimum atomic E-state index is -4.40. The Morgan fingerprint density at radius 2 is 2.00 bits per heavy atom. The van der Waals surface area contributed by atoms with E-state index in [1.54, 1.807) is 0 Å². The largest absolute Gasteiger partial charge is 0.469 e. The molecule has 2 aliphatic carbocycles. The first-order chi connectivity index (χ1) is 9.06. The third-order valence-corrected chi connectivity index (χ3v) is 6.19. The molecule has 0 heterocycles. The van der Waals surface area contributed by atoms with Crippen molar-refractivity contribution in [1.29, 1.82) is 0 Å². The molecule has 0 aromatic rings. The minimum Gasteiger partial charge on any atom is -0.303 e. The van der Waals surface area contributed by atoms with Gasteiger partial charge < -0.3 is 9.79 Å². The van der Waals surface area contributed by atoms with Crippen LogP contribution >= 0.6 is 7.82 Å². The van der Waals surface area contributed by atoms with E-state index in [0.29, 0.717) is 5.92 Å². The quantitative estimate of drug-likeness (QED) is 0.613. The molecule has 0 amide bonds. The lowest BCUT2D eigenvalue weighted by Gasteiger charge is -2.56. The van der Waals surface area contributed by atoms with E-state index in [2.05, 4.69) is 33.8 Å². The van der Waals surface area contributed by atoms with Crippen LogP contribution in [-0.2, 0) is 9.09 Å². The van der Waals surface area contributed by atoms with E-state index in [4.69, 9.17) is 14.3 Å². The van der Waals surface area contributed by atoms with Crippen molar-refractivity contribution >= 4 is 7.82 Å². The summed E-state index contributed by atoms with van der Waals surface area (Å²) in [6.45, 7) is 9.12. The van der Waals surface area contributed by atoms with Crippen LogP contribution in [0, 0.1) is 22.7 Å². The van der Waals surface area contributed by atoms with Crippen LogP contribution in [0.2, 0.25) is 0 Å². The van der Waals surface area contributed by atoms with Gasteiger partial charge in [0.15, 0.2) is 0 Å². The number of phosphoric ester groups is 1. The SMILES string of the molecule is CC1=CC[C@H]2C(C)(C)CCC[C@]2(C)[C@H]1COP(=O)(O)O. The predicted molar refractivity (Wildman–Crippen MR) is 79.1 cm³/mol. The Labute approximate surface area is 121 Å². The molecule has 0 saturated heterocycles. The number of phosphoric acid groups is 1. The van der Waals surface area contributed by atoms with Crippen molar-refractivity contribution in [3.8, 4) is 0 Å². The highest BCUT2D eigenvalue weighted by molar-refractivity contribution is 7.46. The maximum atomic E-state index is 11.0. The lowest BCUT2D eigenvalue weighted by atomic mass is 9.49. The zero-order valence-electron chi connectivity index (χ0n) is 12.9. The van der Waals surface area contributed by atoms with Crippen molar-refractivity contribution in [3.63, 3.8) is 0 Å². The molecule has 2 N–H and O–H groups in total. The average Bonchev–Trinajstić information content (AvgIpc) is 2.24. The third kappa shape index (κ3) is 3.04. The molecular formula is C15H27O4P. The van der Waals surface area contributed by atoms with Gasteiger partial charge in [-0.2, -0.15) is 0 Å². The maximum absolute atomic E-state index is 11.0. The first-order valence-corrected chi connectivity index (χ1v) is 8.96. The Bertz CT molecular complexity index is 451. The van der Waals surface area contributed by atoms with Crippen LogP contribution in [0.15, 0.2) is 11.6 Å². The van der Waals surface area contributed by atoms with Gasteiger partial charge in [-0.3, -0.25) is 4.52 Å². The molecule has 0 radical (unpaired) electrons. The summed E-state index contributed by atoms with van der Waals surface area (Å²) in [6, 6.07) is 0. The summed E-state index contributed by atoms with van der Waals surface area (Å²) in [7, 11) is -4.40. The molecule has 0 bridgehead atoms. The molecule has 0 aromatic heterocycles. The van der Waals surface area contributed by atoms with Gasteiger partial charge in [-0.05, 0) is 42.9 Å². The Morgan fingerprint density at radius 1 is 1.35 bits per heavy atom. The summed E-state index contributed by atoms with van der Waals surface area (Å²) in [5, 5.41) is 0. The zero-order chi connectivity index (χ0) is 15.2. The van der Waals surface area contributed by atoms with Crippen LogP contribution in [0.25, 0.3) is 0 Å². The standard InChI is InChI=1S/C15H27O4P/c1-11-6-7-13-14(2,3)8-5-9-15(13,4)12(11)10-19-20(16,17)18/h6,12-13H,5,7-10H2,1-4H3,(H2,16,17,18)/t12-,13-,15+/m0/s1. The molecule has 116 valence electrons. The molecule has 0 spiro atoms. The molecule has 0 aliphatic heterocycles. The highest BCUT2D eigenvalue weighted by atomic mass is 31.2. The highest BCUT2D eigenvalue weighted by Gasteiger charge is 2.52. The second kappa shape index (κ2) is 5.24. The van der Waals surface area contributed by atoms with Gasteiger partial charge in [0.1, 0.15) is 0 Å². The van der Waals surface area contributed by atoms with Crippen molar-refractivity contribution in [2.45, 2.75) is 53.4 Å². The van der Waals surface area contributed by atoms with Crippen LogP contribution in [-0.4, -0.2) is 16.4 Å². The van der Waals surface area contributed by atoms with Gasteiger partial charge in [0.2, 0.25) is 0 Å². The van der Waals surface area contributed by atoms with Gasteiger partial charge in [0.05, 0.1) is 6.61 Å². The van der Waals surface area contributed by atoms with Gasteiger partial charge >= 0.3 is 7.82 Å². The summed E-state index contributed by atoms with van der Waals surface area (Å²) >= 11 is 0. The van der Waals surface area contributed by atoms with E-state index in [9.17, 15) is 4.57 Å². The third-order valence-electron chi connectivity index (χ3n) is 5.71. The molecule has 3 atom stereocenters. The van der Waals surface area contributed by atoms with E-state index < -0.39 is 7.82 Å². The van der Waals surface area contributed by atoms with Crippen LogP contribution in [0.4, 0.5) is 0 Å². The van der Waals surface area contributed by atoms with E-state index in [-0.39, 0.29) is 23.4 Å². The Hall–Kier alpha value is -0.150. The van der Waals surface area contributed by atoms with Crippen LogP contribution < -0.4 is 0 Å². The van der Waals surface area contributed by atoms with Crippen molar-refractivity contribution in [1.82, 2.24) is 0 Å². The van der Waals surface area contributed by atoms with E-state index in [1.807, 2.05) is 0 Å². The Balaban J connectivity index is 2.27. The molecule has 1 fully saturated rings. The molecular weight excluding hydrogens is 275 g/mol. The molecule has 2 aliphatic rings. The topological polar surface area (TPSA) is 66.8 Å². The number of rotatable bonds is 3. The maximum Gasteiger partial charge on any atom is 0.469 e. The van der Waals surface area contributed by atoms with E-state index >= 15 is 0 Å². The normalized spacial score (nSPS) is 37.2. The van der Waals surface area contributed by atoms with Gasteiger partial charge in [-0.1, -0.05) is 38.8 Å². The van der Waals surface area contributed by atoms with E-state index in [0.717, 1.165) is 12.8 Å². The smallest absolute Gasteiger partial charge is 0.303 e. The molecule has 2 rings (SSSR count). The van der Waals surface area contributed by atoms with Gasteiger partial charge in [0.25, 0.3) is 0 Å². The number of allylic oxidation sites excluding steroid dienone is 1. The minimum absolute atomic E-state index is 0.0791. The summed E-state index contributed by atoms with van der Waals surface area (Å²) in [6.07, 6.45) is 6.84. The first-order valence-electron chi connectivity index (χ1n) is 7.43. The monoisotopic (exact) mass is 302 g/mol. The summed E-state index contributed by atoms with van der Waals surface area (Å²) in [4.78, 5) is 18.0. The molecule has 0 unspecified atom stereocenters. The molecule has 1 saturated carbocycles. The summed E-state index contributed by atoms with van der Waals surface area (Å²) < 4.78 is 15.9. The molecule has 0 aromatic carbocycles. The number of fused-ring (bicyclic) bond motifs is 1. The highest BCUT2D eigenvalue weighted by Crippen LogP contribution is 2.60. The summed E-state index contributed by atoms with van der Waals surface area (Å²) in [5.41, 5.74) is 1.58. The predicted octanol–water partition coefficient (Wildman–Crippen LogP) is 3.89. The summed E-state index contributed by atoms with van der Waals surface area (Å²) in [5.74, 6) is 0.659. The van der Waals surface area contributed by atoms with Gasteiger partial charge in [-0.15, -0.1) is 0 Å². The fraction of sp³-hybridized carbons (Fsp3) is 0.867. The van der Waals surface area contributed by atoms with Crippen molar-refractivity contribution in [2.24, 2.45) is 22.7 Å². The fourth-order valence-electron chi connectivity index (χ4n) is 4.63. The Kier molecular flexibility index (Phi) is 4.25. The molecule has 4 nitrogen and oxygen atoms in total. The zero-order valence-corrected chi connectivity index (χ0v) is 13.8. The van der Waals surface area contributed by atoms with E-state index in [1.165, 1.54) is 18.4 Å². The second-order valence-corrected chi connectivity index (χ2v) is 8.66. The number of hydrogen-bond donors (Lipinski definition) is 2. The van der Waals surface area contributed by atoms with Crippen molar-refractivity contribution in [3.05, 3.63) is 11.6 Å². The lowest BCUT2D eigenvalue weighted by Crippen LogP contribution is -2.49. The van der Waals surface area contributed by atoms with Crippen LogP contribution in [0.1, 0.15) is 53.4 Å². The lowest BCUT2D eigenvalue weighted by molar-refractivity contribution is -0.0502. The van der Waals surface area contributed by atoms with Crippen LogP contribution in [0.5, 0.6) is 0 Å². The second-order valence-electron chi connectivity index (χ2n) is 7.42. The average molecular weight is 302 g/mol. The molecule has 20 heavy (non-hydrogen) atoms. The number of hydrogen-bond acceptors (Lipinski definition) is 2. The molecule has 5 heteroatoms. The Morgan fingerprint density at radius 3 is 2.60 bits per heavy atom.